The fourth-order valence-corrected chi connectivity index (χ4v) is 2.45. The van der Waals surface area contributed by atoms with Gasteiger partial charge in [0.1, 0.15) is 12.4 Å². The lowest BCUT2D eigenvalue weighted by Crippen LogP contribution is -2.35. The molecule has 0 bridgehead atoms. The van der Waals surface area contributed by atoms with E-state index in [9.17, 15) is 0 Å². The maximum atomic E-state index is 5.92. The minimum Gasteiger partial charge on any atom is -0.370 e. The molecular weight excluding hydrogens is 214 g/mol. The Morgan fingerprint density at radius 1 is 1.41 bits per heavy atom. The van der Waals surface area contributed by atoms with Crippen LogP contribution in [0.4, 0.5) is 0 Å². The van der Waals surface area contributed by atoms with Crippen molar-refractivity contribution in [1.82, 2.24) is 14.9 Å². The van der Waals surface area contributed by atoms with Crippen molar-refractivity contribution in [3.63, 3.8) is 0 Å². The van der Waals surface area contributed by atoms with Crippen LogP contribution in [0.1, 0.15) is 38.4 Å². The van der Waals surface area contributed by atoms with E-state index in [1.54, 1.807) is 0 Å². The maximum absolute atomic E-state index is 5.92. The van der Waals surface area contributed by atoms with Gasteiger partial charge in [-0.1, -0.05) is 6.92 Å². The lowest BCUT2D eigenvalue weighted by atomic mass is 9.93. The number of aryl methyl sites for hydroxylation is 1. The van der Waals surface area contributed by atoms with Crippen LogP contribution in [0, 0.1) is 0 Å². The summed E-state index contributed by atoms with van der Waals surface area (Å²) in [6.07, 6.45) is 9.01. The van der Waals surface area contributed by atoms with Gasteiger partial charge in [0.05, 0.1) is 6.10 Å². The van der Waals surface area contributed by atoms with Gasteiger partial charge in [-0.25, -0.2) is 4.98 Å². The second-order valence-electron chi connectivity index (χ2n) is 4.80. The molecule has 0 aromatic carbocycles. The first-order valence-electron chi connectivity index (χ1n) is 6.60. The largest absolute Gasteiger partial charge is 0.370 e. The first-order chi connectivity index (χ1) is 8.29. The number of hydrogen-bond donors (Lipinski definition) is 1. The van der Waals surface area contributed by atoms with Crippen molar-refractivity contribution in [3.8, 4) is 0 Å². The summed E-state index contributed by atoms with van der Waals surface area (Å²) in [5.74, 6) is 1.01. The van der Waals surface area contributed by atoms with E-state index in [2.05, 4.69) is 17.2 Å². The zero-order valence-electron chi connectivity index (χ0n) is 10.9. The van der Waals surface area contributed by atoms with Crippen LogP contribution in [0.15, 0.2) is 12.4 Å². The van der Waals surface area contributed by atoms with Crippen LogP contribution in [0.3, 0.4) is 0 Å². The first-order valence-corrected chi connectivity index (χ1v) is 6.60. The summed E-state index contributed by atoms with van der Waals surface area (Å²) < 4.78 is 7.94. The molecule has 1 N–H and O–H groups in total. The van der Waals surface area contributed by atoms with Crippen molar-refractivity contribution < 1.29 is 4.74 Å². The van der Waals surface area contributed by atoms with Crippen LogP contribution >= 0.6 is 0 Å². The van der Waals surface area contributed by atoms with E-state index >= 15 is 0 Å². The van der Waals surface area contributed by atoms with Crippen LogP contribution in [0.25, 0.3) is 0 Å². The van der Waals surface area contributed by atoms with E-state index in [1.165, 1.54) is 25.7 Å². The van der Waals surface area contributed by atoms with Crippen molar-refractivity contribution in [2.24, 2.45) is 7.05 Å². The van der Waals surface area contributed by atoms with Gasteiger partial charge in [0.2, 0.25) is 0 Å². The third-order valence-corrected chi connectivity index (χ3v) is 3.54. The minimum atomic E-state index is 0.418. The second kappa shape index (κ2) is 6.17. The van der Waals surface area contributed by atoms with Gasteiger partial charge in [0.15, 0.2) is 0 Å². The van der Waals surface area contributed by atoms with E-state index in [0.717, 1.165) is 12.4 Å². The number of imidazole rings is 1. The van der Waals surface area contributed by atoms with Crippen LogP contribution in [-0.4, -0.2) is 28.2 Å². The normalized spacial score (nSPS) is 25.1. The van der Waals surface area contributed by atoms with Gasteiger partial charge in [0, 0.05) is 25.5 Å². The lowest BCUT2D eigenvalue weighted by molar-refractivity contribution is 0.00737. The van der Waals surface area contributed by atoms with Crippen molar-refractivity contribution in [3.05, 3.63) is 18.2 Å². The Bertz CT molecular complexity index is 329. The van der Waals surface area contributed by atoms with E-state index in [4.69, 9.17) is 4.74 Å². The molecule has 0 amide bonds. The maximum Gasteiger partial charge on any atom is 0.134 e. The monoisotopic (exact) mass is 237 g/mol. The fourth-order valence-electron chi connectivity index (χ4n) is 2.45. The highest BCUT2D eigenvalue weighted by Gasteiger charge is 2.21. The molecule has 1 aliphatic rings. The molecule has 0 spiro atoms. The third kappa shape index (κ3) is 3.54. The summed E-state index contributed by atoms with van der Waals surface area (Å²) in [4.78, 5) is 4.27. The highest BCUT2D eigenvalue weighted by molar-refractivity contribution is 4.89. The molecule has 0 atom stereocenters. The van der Waals surface area contributed by atoms with Crippen molar-refractivity contribution in [2.45, 2.75) is 51.4 Å². The quantitative estimate of drug-likeness (QED) is 0.849. The first kappa shape index (κ1) is 12.6. The molecule has 0 aliphatic heterocycles. The van der Waals surface area contributed by atoms with Gasteiger partial charge in [-0.15, -0.1) is 0 Å². The molecule has 1 saturated carbocycles. The smallest absolute Gasteiger partial charge is 0.134 e. The molecule has 0 radical (unpaired) electrons. The SMILES string of the molecule is CCNC1CCC(OCc2nccn2C)CC1. The van der Waals surface area contributed by atoms with E-state index in [1.807, 2.05) is 24.0 Å². The van der Waals surface area contributed by atoms with Gasteiger partial charge >= 0.3 is 0 Å². The zero-order chi connectivity index (χ0) is 12.1. The molecule has 1 fully saturated rings. The molecule has 1 heterocycles. The molecule has 4 heteroatoms. The molecule has 2 rings (SSSR count). The summed E-state index contributed by atoms with van der Waals surface area (Å²) in [6.45, 7) is 3.88. The highest BCUT2D eigenvalue weighted by atomic mass is 16.5. The number of hydrogen-bond acceptors (Lipinski definition) is 3. The van der Waals surface area contributed by atoms with Gasteiger partial charge < -0.3 is 14.6 Å². The Morgan fingerprint density at radius 3 is 2.76 bits per heavy atom. The van der Waals surface area contributed by atoms with Crippen LogP contribution in [0.5, 0.6) is 0 Å². The Labute approximate surface area is 103 Å². The molecule has 1 aromatic rings. The molecule has 96 valence electrons. The topological polar surface area (TPSA) is 39.1 Å². The highest BCUT2D eigenvalue weighted by Crippen LogP contribution is 2.21. The summed E-state index contributed by atoms with van der Waals surface area (Å²) >= 11 is 0. The van der Waals surface area contributed by atoms with E-state index < -0.39 is 0 Å². The molecule has 0 unspecified atom stereocenters. The number of rotatable bonds is 5. The minimum absolute atomic E-state index is 0.418. The van der Waals surface area contributed by atoms with Gasteiger partial charge in [0.25, 0.3) is 0 Å². The Hall–Kier alpha value is -0.870. The van der Waals surface area contributed by atoms with Crippen molar-refractivity contribution in [2.75, 3.05) is 6.54 Å². The van der Waals surface area contributed by atoms with E-state index in [-0.39, 0.29) is 0 Å². The summed E-state index contributed by atoms with van der Waals surface area (Å²) in [7, 11) is 2.01. The summed E-state index contributed by atoms with van der Waals surface area (Å²) in [5.41, 5.74) is 0. The lowest BCUT2D eigenvalue weighted by Gasteiger charge is -2.28. The summed E-state index contributed by atoms with van der Waals surface area (Å²) in [5, 5.41) is 3.51. The number of nitrogens with one attached hydrogen (secondary N) is 1. The van der Waals surface area contributed by atoms with Crippen LogP contribution in [-0.2, 0) is 18.4 Å². The van der Waals surface area contributed by atoms with Gasteiger partial charge in [-0.05, 0) is 32.2 Å². The molecule has 0 saturated heterocycles. The zero-order valence-corrected chi connectivity index (χ0v) is 10.9. The number of nitrogens with zero attached hydrogens (tertiary/aromatic N) is 2. The van der Waals surface area contributed by atoms with Crippen LogP contribution < -0.4 is 5.32 Å². The third-order valence-electron chi connectivity index (χ3n) is 3.54. The predicted octanol–water partition coefficient (Wildman–Crippen LogP) is 1.86. The Balaban J connectivity index is 1.70. The Morgan fingerprint density at radius 2 is 2.18 bits per heavy atom. The Kier molecular flexibility index (Phi) is 4.57. The summed E-state index contributed by atoms with van der Waals surface area (Å²) in [6, 6.07) is 0.702. The molecular formula is C13H23N3O. The predicted molar refractivity (Wildman–Crippen MR) is 67.7 cm³/mol. The standard InChI is InChI=1S/C13H23N3O/c1-3-14-11-4-6-12(7-5-11)17-10-13-15-8-9-16(13)2/h8-9,11-12,14H,3-7,10H2,1-2H3. The van der Waals surface area contributed by atoms with Gasteiger partial charge in [-0.2, -0.15) is 0 Å². The second-order valence-corrected chi connectivity index (χ2v) is 4.80. The molecule has 17 heavy (non-hydrogen) atoms. The average molecular weight is 237 g/mol. The molecule has 1 aliphatic carbocycles. The molecule has 4 nitrogen and oxygen atoms in total. The average Bonchev–Trinajstić information content (AvgIpc) is 2.75. The molecule has 1 aromatic heterocycles. The van der Waals surface area contributed by atoms with Crippen molar-refractivity contribution >= 4 is 0 Å². The van der Waals surface area contributed by atoms with Crippen molar-refractivity contribution in [1.29, 1.82) is 0 Å². The number of aromatic nitrogens is 2. The number of ether oxygens (including phenoxy) is 1. The van der Waals surface area contributed by atoms with Gasteiger partial charge in [-0.3, -0.25) is 0 Å². The van der Waals surface area contributed by atoms with E-state index in [0.29, 0.717) is 18.8 Å². The fraction of sp³-hybridized carbons (Fsp3) is 0.769. The van der Waals surface area contributed by atoms with Crippen LogP contribution in [0.2, 0.25) is 0 Å².